The van der Waals surface area contributed by atoms with Crippen molar-refractivity contribution in [2.75, 3.05) is 134 Å². The highest BCUT2D eigenvalue weighted by Crippen LogP contribution is 2.32. The number of hydrogen-bond acceptors (Lipinski definition) is 19. The molecule has 404 valence electrons. The first-order chi connectivity index (χ1) is 36.4. The second kappa shape index (κ2) is 29.0. The van der Waals surface area contributed by atoms with Crippen LogP contribution in [0.3, 0.4) is 0 Å². The topological polar surface area (TPSA) is 252 Å². The van der Waals surface area contributed by atoms with E-state index in [0.29, 0.717) is 136 Å². The molecule has 0 unspecified atom stereocenters. The van der Waals surface area contributed by atoms with Gasteiger partial charge in [-0.05, 0) is 82.0 Å². The predicted molar refractivity (Wildman–Crippen MR) is 284 cm³/mol. The molecule has 1 aliphatic carbocycles. The minimum Gasteiger partial charge on any atom is -0.484 e. The summed E-state index contributed by atoms with van der Waals surface area (Å²) in [5.74, 6) is 0.521. The van der Waals surface area contributed by atoms with Crippen molar-refractivity contribution in [3.63, 3.8) is 0 Å². The number of nitrogens with one attached hydrogen (secondary N) is 4. The minimum atomic E-state index is -0.288. The van der Waals surface area contributed by atoms with E-state index >= 15 is 0 Å². The molecule has 4 aromatic heterocycles. The van der Waals surface area contributed by atoms with E-state index in [1.807, 2.05) is 19.1 Å². The van der Waals surface area contributed by atoms with Crippen molar-refractivity contribution in [2.24, 2.45) is 0 Å². The Morgan fingerprint density at radius 1 is 0.733 bits per heavy atom. The van der Waals surface area contributed by atoms with Crippen molar-refractivity contribution in [2.45, 2.75) is 59.4 Å². The zero-order valence-corrected chi connectivity index (χ0v) is 44.1. The Balaban J connectivity index is 0.643. The number of ether oxygens (including phenoxy) is 6. The summed E-state index contributed by atoms with van der Waals surface area (Å²) in [6.07, 6.45) is 8.97. The molecule has 2 aliphatic rings. The van der Waals surface area contributed by atoms with Gasteiger partial charge in [-0.15, -0.1) is 11.3 Å². The number of aromatic nitrogens is 5. The number of thiazole rings is 1. The number of ketones is 1. The lowest BCUT2D eigenvalue weighted by Gasteiger charge is -2.35. The van der Waals surface area contributed by atoms with Gasteiger partial charge in [0.15, 0.2) is 17.5 Å². The third-order valence-corrected chi connectivity index (χ3v) is 13.5. The van der Waals surface area contributed by atoms with Crippen LogP contribution in [-0.2, 0) is 33.3 Å². The molecule has 22 nitrogen and oxygen atoms in total. The Kier molecular flexibility index (Phi) is 21.8. The Labute approximate surface area is 440 Å². The summed E-state index contributed by atoms with van der Waals surface area (Å²) >= 11 is 1.40. The van der Waals surface area contributed by atoms with Gasteiger partial charge in [0, 0.05) is 73.5 Å². The SMILES string of the molecule is CC(=O)c1c(C)c2cnc(Nc3ccc(N4CCN(CC(=O)NCCOCCOCCOCCOCCOCCNC(=O)COc5ccc(C(=O)Nc6ncc(C)s6)c(C)c5)CC4)cn3)nc2n(C2CCCC2)c1=O. The molecule has 7 rings (SSSR count). The summed E-state index contributed by atoms with van der Waals surface area (Å²) in [6.45, 7) is 14.7. The third-order valence-electron chi connectivity index (χ3n) is 12.6. The summed E-state index contributed by atoms with van der Waals surface area (Å²) in [5, 5.41) is 12.9. The van der Waals surface area contributed by atoms with E-state index in [0.717, 1.165) is 62.4 Å². The number of Topliss-reactive ketones (excluding diaryl/α,β-unsaturated/α-hetero) is 1. The van der Waals surface area contributed by atoms with Gasteiger partial charge in [0.05, 0.1) is 90.1 Å². The van der Waals surface area contributed by atoms with Gasteiger partial charge in [-0.2, -0.15) is 4.98 Å². The molecular weight excluding hydrogens is 987 g/mol. The van der Waals surface area contributed by atoms with Gasteiger partial charge in [-0.3, -0.25) is 38.8 Å². The fourth-order valence-corrected chi connectivity index (χ4v) is 9.42. The number of aryl methyl sites for hydroxylation is 3. The van der Waals surface area contributed by atoms with Gasteiger partial charge < -0.3 is 49.3 Å². The summed E-state index contributed by atoms with van der Waals surface area (Å²) in [4.78, 5) is 86.9. The number of rotatable bonds is 30. The van der Waals surface area contributed by atoms with Crippen LogP contribution >= 0.6 is 11.3 Å². The quantitative estimate of drug-likeness (QED) is 0.0367. The lowest BCUT2D eigenvalue weighted by molar-refractivity contribution is -0.123. The van der Waals surface area contributed by atoms with E-state index in [4.69, 9.17) is 33.4 Å². The van der Waals surface area contributed by atoms with Gasteiger partial charge in [0.1, 0.15) is 17.2 Å². The van der Waals surface area contributed by atoms with E-state index in [-0.39, 0.29) is 47.3 Å². The van der Waals surface area contributed by atoms with Crippen molar-refractivity contribution < 1.29 is 47.6 Å². The highest BCUT2D eigenvalue weighted by molar-refractivity contribution is 7.15. The smallest absolute Gasteiger partial charge is 0.263 e. The van der Waals surface area contributed by atoms with Crippen LogP contribution in [0.2, 0.25) is 0 Å². The first-order valence-corrected chi connectivity index (χ1v) is 26.3. The Bertz CT molecular complexity index is 2740. The van der Waals surface area contributed by atoms with Crippen LogP contribution in [0.5, 0.6) is 5.75 Å². The maximum Gasteiger partial charge on any atom is 0.263 e. The molecule has 0 spiro atoms. The van der Waals surface area contributed by atoms with Crippen LogP contribution < -0.4 is 36.5 Å². The van der Waals surface area contributed by atoms with Crippen LogP contribution in [0, 0.1) is 20.8 Å². The monoisotopic (exact) mass is 1060 g/mol. The normalized spacial score (nSPS) is 14.1. The van der Waals surface area contributed by atoms with Crippen LogP contribution in [0.4, 0.5) is 22.6 Å². The lowest BCUT2D eigenvalue weighted by atomic mass is 10.0. The van der Waals surface area contributed by atoms with Crippen molar-refractivity contribution in [1.29, 1.82) is 0 Å². The zero-order chi connectivity index (χ0) is 52.9. The van der Waals surface area contributed by atoms with E-state index in [1.54, 1.807) is 55.2 Å². The predicted octanol–water partition coefficient (Wildman–Crippen LogP) is 4.40. The third kappa shape index (κ3) is 17.0. The van der Waals surface area contributed by atoms with Crippen molar-refractivity contribution >= 4 is 68.5 Å². The largest absolute Gasteiger partial charge is 0.484 e. The number of hydrogen-bond donors (Lipinski definition) is 4. The number of benzene rings is 1. The number of carbonyl (C=O) groups is 4. The van der Waals surface area contributed by atoms with E-state index < -0.39 is 0 Å². The average Bonchev–Trinajstić information content (AvgIpc) is 4.09. The number of carbonyl (C=O) groups excluding carboxylic acids is 4. The lowest BCUT2D eigenvalue weighted by Crippen LogP contribution is -2.49. The molecule has 1 saturated heterocycles. The zero-order valence-electron chi connectivity index (χ0n) is 43.3. The van der Waals surface area contributed by atoms with Gasteiger partial charge in [-0.25, -0.2) is 15.0 Å². The molecule has 5 aromatic rings. The summed E-state index contributed by atoms with van der Waals surface area (Å²) in [7, 11) is 0. The molecule has 2 fully saturated rings. The molecule has 1 aromatic carbocycles. The van der Waals surface area contributed by atoms with Crippen LogP contribution in [-0.4, -0.2) is 171 Å². The fraction of sp³-hybridized carbons (Fsp3) is 0.519. The Hall–Kier alpha value is -6.47. The second-order valence-corrected chi connectivity index (χ2v) is 19.4. The van der Waals surface area contributed by atoms with E-state index in [9.17, 15) is 24.0 Å². The summed E-state index contributed by atoms with van der Waals surface area (Å²) in [5.41, 5.74) is 3.22. The first-order valence-electron chi connectivity index (χ1n) is 25.5. The molecule has 0 bridgehead atoms. The number of fused-ring (bicyclic) bond motifs is 1. The maximum atomic E-state index is 13.6. The molecule has 4 N–H and O–H groups in total. The average molecular weight is 1060 g/mol. The highest BCUT2D eigenvalue weighted by Gasteiger charge is 2.26. The molecule has 0 radical (unpaired) electrons. The van der Waals surface area contributed by atoms with Gasteiger partial charge in [0.2, 0.25) is 11.9 Å². The van der Waals surface area contributed by atoms with Crippen molar-refractivity contribution in [1.82, 2.24) is 40.0 Å². The number of amides is 3. The molecule has 75 heavy (non-hydrogen) atoms. The molecule has 5 heterocycles. The summed E-state index contributed by atoms with van der Waals surface area (Å²) < 4.78 is 35.0. The number of nitrogens with zero attached hydrogens (tertiary/aromatic N) is 7. The van der Waals surface area contributed by atoms with E-state index in [1.165, 1.54) is 18.3 Å². The minimum absolute atomic E-state index is 0.00512. The van der Waals surface area contributed by atoms with E-state index in [2.05, 4.69) is 46.0 Å². The second-order valence-electron chi connectivity index (χ2n) is 18.1. The first kappa shape index (κ1) is 56.3. The standard InChI is InChI=1S/C52H69N11O11S/c1-35-29-41(10-11-42(35)49(67)60-52-57-30-36(2)75-52)74-34-46(66)54-14-20-70-22-24-72-26-28-73-27-25-71-23-21-69-19-13-53-45(65)33-61-15-17-62(18-16-61)40-9-12-44(55-31-40)58-51-56-32-43-37(3)47(38(4)64)50(68)63(48(43)59-51)39-7-5-6-8-39/h9-12,29-32,39H,5-8,13-28,33-34H2,1-4H3,(H,53,65)(H,54,66)(H,57,60,67)(H,55,56,58,59). The molecule has 1 saturated carbocycles. The number of anilines is 4. The van der Waals surface area contributed by atoms with Crippen LogP contribution in [0.25, 0.3) is 11.0 Å². The fourth-order valence-electron chi connectivity index (χ4n) is 8.76. The van der Waals surface area contributed by atoms with Crippen molar-refractivity contribution in [3.8, 4) is 5.75 Å². The van der Waals surface area contributed by atoms with Crippen LogP contribution in [0.15, 0.2) is 53.7 Å². The van der Waals surface area contributed by atoms with Crippen LogP contribution in [0.1, 0.15) is 75.4 Å². The van der Waals surface area contributed by atoms with Crippen molar-refractivity contribution in [3.05, 3.63) is 86.4 Å². The Morgan fingerprint density at radius 2 is 1.37 bits per heavy atom. The van der Waals surface area contributed by atoms with Gasteiger partial charge in [0.25, 0.3) is 17.4 Å². The molecule has 1 aliphatic heterocycles. The number of piperazine rings is 1. The molecular formula is C52H69N11O11S. The maximum absolute atomic E-state index is 13.6. The highest BCUT2D eigenvalue weighted by atomic mass is 32.1. The summed E-state index contributed by atoms with van der Waals surface area (Å²) in [6, 6.07) is 8.88. The number of pyridine rings is 2. The molecule has 23 heteroatoms. The molecule has 0 atom stereocenters. The Morgan fingerprint density at radius 3 is 1.96 bits per heavy atom. The molecule has 3 amide bonds. The van der Waals surface area contributed by atoms with Gasteiger partial charge >= 0.3 is 0 Å². The van der Waals surface area contributed by atoms with Gasteiger partial charge in [-0.1, -0.05) is 12.8 Å².